The van der Waals surface area contributed by atoms with Gasteiger partial charge in [-0.1, -0.05) is 0 Å². The molecule has 150 valence electrons. The van der Waals surface area contributed by atoms with E-state index in [2.05, 4.69) is 9.97 Å². The number of nitrogens with one attached hydrogen (secondary N) is 1. The highest BCUT2D eigenvalue weighted by atomic mass is 16.5. The number of piperidine rings is 2. The molecule has 0 unspecified atom stereocenters. The lowest BCUT2D eigenvalue weighted by atomic mass is 9.72. The highest BCUT2D eigenvalue weighted by Crippen LogP contribution is 2.40. The maximum atomic E-state index is 13.0. The summed E-state index contributed by atoms with van der Waals surface area (Å²) in [5, 5.41) is 0. The predicted molar refractivity (Wildman–Crippen MR) is 106 cm³/mol. The summed E-state index contributed by atoms with van der Waals surface area (Å²) in [5.41, 5.74) is 2.63. The van der Waals surface area contributed by atoms with Crippen molar-refractivity contribution in [1.82, 2.24) is 19.8 Å². The van der Waals surface area contributed by atoms with E-state index in [9.17, 15) is 9.59 Å². The fourth-order valence-electron chi connectivity index (χ4n) is 4.55. The van der Waals surface area contributed by atoms with Crippen LogP contribution in [0.25, 0.3) is 11.0 Å². The number of aromatic nitrogens is 2. The number of aromatic amines is 1. The first-order chi connectivity index (χ1) is 13.5. The molecule has 2 aliphatic heterocycles. The quantitative estimate of drug-likeness (QED) is 0.878. The molecular weight excluding hydrogens is 356 g/mol. The van der Waals surface area contributed by atoms with Crippen LogP contribution in [0.5, 0.6) is 0 Å². The molecule has 3 heterocycles. The largest absolute Gasteiger partial charge is 0.383 e. The average molecular weight is 384 g/mol. The lowest BCUT2D eigenvalue weighted by molar-refractivity contribution is -0.139. The number of fused-ring (bicyclic) bond motifs is 1. The lowest BCUT2D eigenvalue weighted by Crippen LogP contribution is -2.52. The van der Waals surface area contributed by atoms with Gasteiger partial charge in [-0.3, -0.25) is 9.59 Å². The molecule has 1 spiro atoms. The summed E-state index contributed by atoms with van der Waals surface area (Å²) in [6.45, 7) is 5.41. The molecule has 2 aromatic rings. The lowest BCUT2D eigenvalue weighted by Gasteiger charge is -2.47. The number of rotatable bonds is 4. The van der Waals surface area contributed by atoms with Gasteiger partial charge in [-0.2, -0.15) is 0 Å². The first kappa shape index (κ1) is 18.9. The van der Waals surface area contributed by atoms with E-state index in [1.165, 1.54) is 0 Å². The number of ether oxygens (including phenoxy) is 1. The second-order valence-electron chi connectivity index (χ2n) is 8.15. The van der Waals surface area contributed by atoms with Gasteiger partial charge in [-0.05, 0) is 49.8 Å². The molecule has 0 aliphatic carbocycles. The Balaban J connectivity index is 1.41. The smallest absolute Gasteiger partial charge is 0.253 e. The summed E-state index contributed by atoms with van der Waals surface area (Å²) in [5.74, 6) is 1.15. The van der Waals surface area contributed by atoms with Crippen LogP contribution in [0.2, 0.25) is 0 Å². The number of carbonyl (C=O) groups is 2. The van der Waals surface area contributed by atoms with Crippen molar-refractivity contribution in [3.63, 3.8) is 0 Å². The van der Waals surface area contributed by atoms with E-state index in [0.29, 0.717) is 25.1 Å². The van der Waals surface area contributed by atoms with Crippen LogP contribution in [0.15, 0.2) is 18.2 Å². The molecule has 2 amide bonds. The number of carbonyl (C=O) groups excluding carboxylic acids is 2. The molecule has 1 aromatic heterocycles. The SMILES string of the molecule is COCCN1CC2(CCC1=O)CCN(C(=O)c1ccc3nc(C)[nH]c3c1)CC2. The minimum atomic E-state index is 0.0760. The normalized spacial score (nSPS) is 19.6. The minimum absolute atomic E-state index is 0.0760. The van der Waals surface area contributed by atoms with Gasteiger partial charge in [-0.25, -0.2) is 4.98 Å². The predicted octanol–water partition coefficient (Wildman–Crippen LogP) is 2.36. The molecule has 7 heteroatoms. The summed E-state index contributed by atoms with van der Waals surface area (Å²) < 4.78 is 5.14. The van der Waals surface area contributed by atoms with Gasteiger partial charge >= 0.3 is 0 Å². The molecule has 1 aromatic carbocycles. The van der Waals surface area contributed by atoms with Gasteiger partial charge in [0.05, 0.1) is 17.6 Å². The Morgan fingerprint density at radius 1 is 1.29 bits per heavy atom. The molecule has 28 heavy (non-hydrogen) atoms. The number of nitrogens with zero attached hydrogens (tertiary/aromatic N) is 3. The van der Waals surface area contributed by atoms with E-state index in [0.717, 1.165) is 55.8 Å². The number of H-pyrrole nitrogens is 1. The maximum Gasteiger partial charge on any atom is 0.253 e. The van der Waals surface area contributed by atoms with Crippen molar-refractivity contribution >= 4 is 22.8 Å². The van der Waals surface area contributed by atoms with E-state index in [4.69, 9.17) is 4.74 Å². The molecule has 0 radical (unpaired) electrons. The highest BCUT2D eigenvalue weighted by molar-refractivity contribution is 5.97. The molecule has 0 bridgehead atoms. The maximum absolute atomic E-state index is 13.0. The Bertz CT molecular complexity index is 883. The van der Waals surface area contributed by atoms with Gasteiger partial charge in [0.25, 0.3) is 5.91 Å². The molecule has 2 saturated heterocycles. The zero-order valence-corrected chi connectivity index (χ0v) is 16.7. The number of methoxy groups -OCH3 is 1. The van der Waals surface area contributed by atoms with Gasteiger partial charge in [0.2, 0.25) is 5.91 Å². The van der Waals surface area contributed by atoms with Crippen LogP contribution < -0.4 is 0 Å². The summed E-state index contributed by atoms with van der Waals surface area (Å²) in [6, 6.07) is 5.66. The summed E-state index contributed by atoms with van der Waals surface area (Å²) in [6.07, 6.45) is 3.42. The molecule has 7 nitrogen and oxygen atoms in total. The third kappa shape index (κ3) is 3.63. The van der Waals surface area contributed by atoms with Gasteiger partial charge in [0, 0.05) is 45.3 Å². The molecule has 2 fully saturated rings. The van der Waals surface area contributed by atoms with Gasteiger partial charge in [-0.15, -0.1) is 0 Å². The highest BCUT2D eigenvalue weighted by Gasteiger charge is 2.41. The molecular formula is C21H28N4O3. The Morgan fingerprint density at radius 2 is 2.07 bits per heavy atom. The fourth-order valence-corrected chi connectivity index (χ4v) is 4.55. The van der Waals surface area contributed by atoms with Crippen molar-refractivity contribution in [2.24, 2.45) is 5.41 Å². The van der Waals surface area contributed by atoms with E-state index in [1.807, 2.05) is 34.9 Å². The summed E-state index contributed by atoms with van der Waals surface area (Å²) in [7, 11) is 1.66. The van der Waals surface area contributed by atoms with E-state index >= 15 is 0 Å². The fraction of sp³-hybridized carbons (Fsp3) is 0.571. The van der Waals surface area contributed by atoms with Crippen molar-refractivity contribution in [1.29, 1.82) is 0 Å². The molecule has 0 atom stereocenters. The Morgan fingerprint density at radius 3 is 2.82 bits per heavy atom. The van der Waals surface area contributed by atoms with Crippen LogP contribution in [-0.4, -0.2) is 71.5 Å². The molecule has 4 rings (SSSR count). The van der Waals surface area contributed by atoms with E-state index in [-0.39, 0.29) is 17.2 Å². The zero-order chi connectivity index (χ0) is 19.7. The number of amides is 2. The van der Waals surface area contributed by atoms with Gasteiger partial charge < -0.3 is 19.5 Å². The Kier molecular flexibility index (Phi) is 5.10. The van der Waals surface area contributed by atoms with Crippen molar-refractivity contribution in [2.75, 3.05) is 39.9 Å². The molecule has 1 N–H and O–H groups in total. The molecule has 0 saturated carbocycles. The number of hydrogen-bond acceptors (Lipinski definition) is 4. The third-order valence-corrected chi connectivity index (χ3v) is 6.27. The van der Waals surface area contributed by atoms with Crippen LogP contribution in [0.3, 0.4) is 0 Å². The summed E-state index contributed by atoms with van der Waals surface area (Å²) in [4.78, 5) is 36.7. The Hall–Kier alpha value is -2.41. The van der Waals surface area contributed by atoms with Crippen LogP contribution in [-0.2, 0) is 9.53 Å². The van der Waals surface area contributed by atoms with Crippen molar-refractivity contribution < 1.29 is 14.3 Å². The number of aryl methyl sites for hydroxylation is 1. The van der Waals surface area contributed by atoms with Gasteiger partial charge in [0.15, 0.2) is 0 Å². The number of hydrogen-bond donors (Lipinski definition) is 1. The van der Waals surface area contributed by atoms with Crippen LogP contribution in [0.1, 0.15) is 41.9 Å². The van der Waals surface area contributed by atoms with Crippen LogP contribution >= 0.6 is 0 Å². The van der Waals surface area contributed by atoms with Crippen LogP contribution in [0, 0.1) is 12.3 Å². The van der Waals surface area contributed by atoms with E-state index in [1.54, 1.807) is 7.11 Å². The van der Waals surface area contributed by atoms with Crippen molar-refractivity contribution in [3.05, 3.63) is 29.6 Å². The first-order valence-corrected chi connectivity index (χ1v) is 10.0. The molecule has 2 aliphatic rings. The van der Waals surface area contributed by atoms with Crippen LogP contribution in [0.4, 0.5) is 0 Å². The average Bonchev–Trinajstić information content (AvgIpc) is 3.08. The topological polar surface area (TPSA) is 78.5 Å². The second kappa shape index (κ2) is 7.54. The monoisotopic (exact) mass is 384 g/mol. The van der Waals surface area contributed by atoms with Gasteiger partial charge in [0.1, 0.15) is 5.82 Å². The Labute approximate surface area is 165 Å². The van der Waals surface area contributed by atoms with Crippen molar-refractivity contribution in [3.8, 4) is 0 Å². The second-order valence-corrected chi connectivity index (χ2v) is 8.15. The van der Waals surface area contributed by atoms with E-state index < -0.39 is 0 Å². The van der Waals surface area contributed by atoms with Crippen molar-refractivity contribution in [2.45, 2.75) is 32.6 Å². The first-order valence-electron chi connectivity index (χ1n) is 10.0. The number of imidazole rings is 1. The number of benzene rings is 1. The summed E-state index contributed by atoms with van der Waals surface area (Å²) >= 11 is 0. The number of likely N-dealkylation sites (tertiary alicyclic amines) is 2. The third-order valence-electron chi connectivity index (χ3n) is 6.27. The zero-order valence-electron chi connectivity index (χ0n) is 16.7. The minimum Gasteiger partial charge on any atom is -0.383 e. The standard InChI is InChI=1S/C21H28N4O3/c1-15-22-17-4-3-16(13-18(17)23-15)20(27)24-9-7-21(8-10-24)6-5-19(26)25(14-21)11-12-28-2/h3-4,13H,5-12,14H2,1-2H3,(H,22,23).